The molecule has 0 aliphatic carbocycles. The summed E-state index contributed by atoms with van der Waals surface area (Å²) in [5, 5.41) is 25.6. The number of benzene rings is 3. The Kier molecular flexibility index (Phi) is 8.69. The molecule has 0 amide bonds. The second-order valence-corrected chi connectivity index (χ2v) is 7.26. The highest BCUT2D eigenvalue weighted by atomic mass is 31.2. The highest BCUT2D eigenvalue weighted by Gasteiger charge is 2.35. The molecule has 0 bridgehead atoms. The molecule has 0 fully saturated rings. The summed E-state index contributed by atoms with van der Waals surface area (Å²) >= 11 is 0. The zero-order valence-electron chi connectivity index (χ0n) is 17.3. The van der Waals surface area contributed by atoms with Crippen LogP contribution in [0, 0.1) is 34.6 Å². The highest BCUT2D eigenvalue weighted by molar-refractivity contribution is 7.48. The van der Waals surface area contributed by atoms with E-state index in [9.17, 15) is 4.57 Å². The minimum absolute atomic E-state index is 0.0405. The molecule has 0 radical (unpaired) electrons. The Balaban J connectivity index is 1.67. The van der Waals surface area contributed by atoms with Crippen molar-refractivity contribution in [2.45, 2.75) is 0 Å². The van der Waals surface area contributed by atoms with E-state index < -0.39 is 7.82 Å². The summed E-state index contributed by atoms with van der Waals surface area (Å²) in [6.07, 6.45) is 4.52. The van der Waals surface area contributed by atoms with Gasteiger partial charge in [0.25, 0.3) is 18.8 Å². The van der Waals surface area contributed by atoms with Gasteiger partial charge in [0.1, 0.15) is 17.2 Å². The Labute approximate surface area is 197 Å². The van der Waals surface area contributed by atoms with Crippen LogP contribution in [0.5, 0.6) is 34.5 Å². The van der Waals surface area contributed by atoms with Crippen LogP contribution >= 0.6 is 7.82 Å². The Morgan fingerprint density at radius 1 is 0.457 bits per heavy atom. The number of hydrogen-bond donors (Lipinski definition) is 0. The molecule has 13 nitrogen and oxygen atoms in total. The van der Waals surface area contributed by atoms with Crippen molar-refractivity contribution >= 4 is 7.82 Å². The quantitative estimate of drug-likeness (QED) is 0.146. The van der Waals surface area contributed by atoms with Crippen molar-refractivity contribution in [2.75, 3.05) is 0 Å². The van der Waals surface area contributed by atoms with Gasteiger partial charge in [0.2, 0.25) is 0 Å². The van der Waals surface area contributed by atoms with E-state index >= 15 is 0 Å². The van der Waals surface area contributed by atoms with Crippen molar-refractivity contribution in [2.24, 2.45) is 0 Å². The van der Waals surface area contributed by atoms with Crippen molar-refractivity contribution in [3.8, 4) is 53.3 Å². The summed E-state index contributed by atoms with van der Waals surface area (Å²) in [6, 6.07) is 16.4. The third-order valence-corrected chi connectivity index (χ3v) is 4.41. The molecule has 0 atom stereocenters. The van der Waals surface area contributed by atoms with Gasteiger partial charge in [-0.3, -0.25) is 0 Å². The Bertz CT molecular complexity index is 1120. The van der Waals surface area contributed by atoms with Crippen LogP contribution in [0.15, 0.2) is 72.8 Å². The molecule has 0 spiro atoms. The summed E-state index contributed by atoms with van der Waals surface area (Å²) in [4.78, 5) is 14.9. The maximum absolute atomic E-state index is 13.0. The molecule has 3 rings (SSSR count). The van der Waals surface area contributed by atoms with Gasteiger partial charge in [-0.15, -0.1) is 15.8 Å². The second kappa shape index (κ2) is 12.3. The third kappa shape index (κ3) is 7.84. The zero-order chi connectivity index (χ0) is 24.9. The lowest BCUT2D eigenvalue weighted by molar-refractivity contribution is -0.237. The lowest BCUT2D eigenvalue weighted by Gasteiger charge is -2.15. The molecular weight excluding hydrogens is 485 g/mol. The van der Waals surface area contributed by atoms with E-state index in [-0.39, 0.29) is 34.5 Å². The zero-order valence-corrected chi connectivity index (χ0v) is 18.2. The monoisotopic (exact) mass is 497 g/mol. The topological polar surface area (TPSA) is 172 Å². The van der Waals surface area contributed by atoms with Crippen molar-refractivity contribution in [3.63, 3.8) is 0 Å². The average molecular weight is 497 g/mol. The van der Waals surface area contributed by atoms with E-state index in [1.54, 1.807) is 0 Å². The van der Waals surface area contributed by atoms with Gasteiger partial charge >= 0.3 is 7.82 Å². The summed E-state index contributed by atoms with van der Waals surface area (Å²) in [6.45, 7) is 0. The number of rotatable bonds is 12. The first-order valence-corrected chi connectivity index (χ1v) is 10.7. The molecule has 0 heterocycles. The van der Waals surface area contributed by atoms with E-state index in [0.717, 1.165) is 0 Å². The largest absolute Gasteiger partial charge is 0.583 e. The predicted molar refractivity (Wildman–Crippen MR) is 111 cm³/mol. The smallest absolute Gasteiger partial charge is 0.388 e. The first-order chi connectivity index (χ1) is 17.0. The van der Waals surface area contributed by atoms with Gasteiger partial charge in [-0.05, 0) is 72.8 Å². The second-order valence-electron chi connectivity index (χ2n) is 5.92. The molecule has 0 saturated carbocycles. The van der Waals surface area contributed by atoms with Crippen LogP contribution in [-0.2, 0) is 18.6 Å². The fraction of sp³-hybridized carbons (Fsp3) is 0. The molecule has 35 heavy (non-hydrogen) atoms. The number of hydrogen-bond acceptors (Lipinski definition) is 13. The van der Waals surface area contributed by atoms with Crippen LogP contribution in [0.4, 0.5) is 0 Å². The third-order valence-electron chi connectivity index (χ3n) is 3.64. The van der Waals surface area contributed by atoms with E-state index in [2.05, 4.69) is 14.2 Å². The van der Waals surface area contributed by atoms with Crippen LogP contribution in [-0.4, -0.2) is 0 Å². The SMILES string of the molecule is N#COc1ccc(OOP(=O)(OOc2ccc(OC#N)cc2)OOc2ccc(OC#N)cc2)cc1. The summed E-state index contributed by atoms with van der Waals surface area (Å²) in [7, 11) is -4.71. The molecule has 0 aliphatic heterocycles. The van der Waals surface area contributed by atoms with Gasteiger partial charge in [0, 0.05) is 0 Å². The number of nitriles is 3. The lowest BCUT2D eigenvalue weighted by atomic mass is 10.3. The summed E-state index contributed by atoms with van der Waals surface area (Å²) in [5.41, 5.74) is 0. The molecule has 0 unspecified atom stereocenters. The van der Waals surface area contributed by atoms with Crippen LogP contribution < -0.4 is 28.9 Å². The summed E-state index contributed by atoms with van der Waals surface area (Å²) < 4.78 is 41.3. The fourth-order valence-electron chi connectivity index (χ4n) is 2.15. The average Bonchev–Trinajstić information content (AvgIpc) is 2.88. The Hall–Kier alpha value is -4.96. The van der Waals surface area contributed by atoms with Crippen molar-refractivity contribution in [1.29, 1.82) is 15.8 Å². The molecule has 0 saturated heterocycles. The Morgan fingerprint density at radius 2 is 0.686 bits per heavy atom. The van der Waals surface area contributed by atoms with Crippen molar-refractivity contribution < 1.29 is 47.5 Å². The first kappa shape index (κ1) is 24.7. The maximum atomic E-state index is 13.0. The molecule has 0 aliphatic rings. The number of nitrogens with zero attached hydrogens (tertiary/aromatic N) is 3. The highest BCUT2D eigenvalue weighted by Crippen LogP contribution is 2.50. The molecule has 0 N–H and O–H groups in total. The van der Waals surface area contributed by atoms with E-state index in [1.165, 1.54) is 91.6 Å². The van der Waals surface area contributed by atoms with E-state index in [4.69, 9.17) is 44.5 Å². The van der Waals surface area contributed by atoms with Gasteiger partial charge in [-0.25, -0.2) is 4.57 Å². The molecule has 14 heteroatoms. The van der Waals surface area contributed by atoms with Gasteiger partial charge < -0.3 is 28.9 Å². The van der Waals surface area contributed by atoms with Crippen LogP contribution in [0.2, 0.25) is 0 Å². The maximum Gasteiger partial charge on any atom is 0.583 e. The molecule has 3 aromatic rings. The van der Waals surface area contributed by atoms with E-state index in [0.29, 0.717) is 0 Å². The standard InChI is InChI=1S/C21H12N3O10P/c22-13-26-16-1-7-19(8-2-16)29-32-35(25,33-30-20-9-3-17(4-10-20)27-14-23)34-31-21-11-5-18(6-12-21)28-15-24/h1-12H. The van der Waals surface area contributed by atoms with Gasteiger partial charge in [-0.1, -0.05) is 14.0 Å². The van der Waals surface area contributed by atoms with Gasteiger partial charge in [0.05, 0.1) is 0 Å². The van der Waals surface area contributed by atoms with Crippen LogP contribution in [0.1, 0.15) is 0 Å². The van der Waals surface area contributed by atoms with Gasteiger partial charge in [-0.2, -0.15) is 0 Å². The molecular formula is C21H12N3O10P. The van der Waals surface area contributed by atoms with Crippen LogP contribution in [0.25, 0.3) is 0 Å². The number of ether oxygens (including phenoxy) is 3. The predicted octanol–water partition coefficient (Wildman–Crippen LogP) is 4.71. The molecule has 176 valence electrons. The van der Waals surface area contributed by atoms with Gasteiger partial charge in [0.15, 0.2) is 17.2 Å². The lowest BCUT2D eigenvalue weighted by Crippen LogP contribution is -2.08. The van der Waals surface area contributed by atoms with Crippen molar-refractivity contribution in [3.05, 3.63) is 72.8 Å². The minimum Gasteiger partial charge on any atom is -0.388 e. The summed E-state index contributed by atoms with van der Waals surface area (Å²) in [5.74, 6) is 0.815. The van der Waals surface area contributed by atoms with E-state index in [1.807, 2.05) is 0 Å². The molecule has 0 aromatic heterocycles. The fourth-order valence-corrected chi connectivity index (χ4v) is 2.76. The van der Waals surface area contributed by atoms with Crippen LogP contribution in [0.3, 0.4) is 0 Å². The minimum atomic E-state index is -4.71. The Morgan fingerprint density at radius 3 is 0.914 bits per heavy atom. The van der Waals surface area contributed by atoms with Crippen molar-refractivity contribution in [1.82, 2.24) is 0 Å². The first-order valence-electron chi connectivity index (χ1n) is 9.20. The molecule has 3 aromatic carbocycles. The normalized spacial score (nSPS) is 10.1. The number of phosphoric acid groups is 1.